The van der Waals surface area contributed by atoms with Gasteiger partial charge in [0.2, 0.25) is 0 Å². The highest BCUT2D eigenvalue weighted by Crippen LogP contribution is 2.42. The summed E-state index contributed by atoms with van der Waals surface area (Å²) in [6.07, 6.45) is 1.87. The molecule has 3 nitrogen and oxygen atoms in total. The van der Waals surface area contributed by atoms with Crippen molar-refractivity contribution in [3.8, 4) is 11.5 Å². The number of hydrogen-bond donors (Lipinski definition) is 1. The van der Waals surface area contributed by atoms with Crippen molar-refractivity contribution < 1.29 is 9.47 Å². The van der Waals surface area contributed by atoms with Crippen LogP contribution in [0.15, 0.2) is 18.2 Å². The van der Waals surface area contributed by atoms with Crippen LogP contribution in [0.2, 0.25) is 0 Å². The van der Waals surface area contributed by atoms with Gasteiger partial charge in [-0.2, -0.15) is 0 Å². The summed E-state index contributed by atoms with van der Waals surface area (Å²) in [5.74, 6) is 2.33. The first-order valence-corrected chi connectivity index (χ1v) is 6.56. The molecule has 0 radical (unpaired) electrons. The lowest BCUT2D eigenvalue weighted by molar-refractivity contribution is 0.0339. The van der Waals surface area contributed by atoms with Gasteiger partial charge in [-0.05, 0) is 37.5 Å². The van der Waals surface area contributed by atoms with Crippen molar-refractivity contribution in [2.45, 2.75) is 45.3 Å². The Labute approximate surface area is 109 Å². The SMILES string of the molecule is COc1ccc2c(c1)[C@H](N)CC(C)(CC(C)C)O2. The molecule has 1 aliphatic heterocycles. The van der Waals surface area contributed by atoms with Gasteiger partial charge < -0.3 is 15.2 Å². The van der Waals surface area contributed by atoms with Crippen LogP contribution in [0.4, 0.5) is 0 Å². The number of rotatable bonds is 3. The zero-order valence-corrected chi connectivity index (χ0v) is 11.7. The average Bonchev–Trinajstić information content (AvgIpc) is 2.26. The van der Waals surface area contributed by atoms with Crippen molar-refractivity contribution in [1.29, 1.82) is 0 Å². The topological polar surface area (TPSA) is 44.5 Å². The van der Waals surface area contributed by atoms with Crippen LogP contribution < -0.4 is 15.2 Å². The molecule has 2 rings (SSSR count). The second-order valence-corrected chi connectivity index (χ2v) is 5.86. The summed E-state index contributed by atoms with van der Waals surface area (Å²) in [6, 6.07) is 5.89. The summed E-state index contributed by atoms with van der Waals surface area (Å²) in [5, 5.41) is 0. The van der Waals surface area contributed by atoms with Crippen molar-refractivity contribution in [1.82, 2.24) is 0 Å². The van der Waals surface area contributed by atoms with Crippen LogP contribution in [0.25, 0.3) is 0 Å². The van der Waals surface area contributed by atoms with Crippen LogP contribution in [0.1, 0.15) is 45.2 Å². The van der Waals surface area contributed by atoms with Gasteiger partial charge in [-0.1, -0.05) is 13.8 Å². The molecule has 0 saturated carbocycles. The Morgan fingerprint density at radius 3 is 2.83 bits per heavy atom. The lowest BCUT2D eigenvalue weighted by Crippen LogP contribution is -2.41. The lowest BCUT2D eigenvalue weighted by Gasteiger charge is -2.40. The largest absolute Gasteiger partial charge is 0.497 e. The van der Waals surface area contributed by atoms with Gasteiger partial charge in [-0.3, -0.25) is 0 Å². The Morgan fingerprint density at radius 1 is 1.50 bits per heavy atom. The summed E-state index contributed by atoms with van der Waals surface area (Å²) in [7, 11) is 1.67. The molecule has 3 heteroatoms. The van der Waals surface area contributed by atoms with E-state index in [0.29, 0.717) is 5.92 Å². The highest BCUT2D eigenvalue weighted by molar-refractivity contribution is 5.44. The second kappa shape index (κ2) is 4.81. The Balaban J connectivity index is 2.29. The maximum Gasteiger partial charge on any atom is 0.125 e. The predicted octanol–water partition coefficient (Wildman–Crippen LogP) is 3.28. The first-order valence-electron chi connectivity index (χ1n) is 6.56. The molecule has 0 amide bonds. The summed E-state index contributed by atoms with van der Waals surface area (Å²) >= 11 is 0. The van der Waals surface area contributed by atoms with E-state index in [4.69, 9.17) is 15.2 Å². The van der Waals surface area contributed by atoms with Crippen LogP contribution in [0, 0.1) is 5.92 Å². The minimum Gasteiger partial charge on any atom is -0.497 e. The van der Waals surface area contributed by atoms with E-state index in [1.807, 2.05) is 18.2 Å². The van der Waals surface area contributed by atoms with E-state index >= 15 is 0 Å². The molecule has 18 heavy (non-hydrogen) atoms. The summed E-state index contributed by atoms with van der Waals surface area (Å²) < 4.78 is 11.4. The zero-order chi connectivity index (χ0) is 13.3. The molecule has 2 atom stereocenters. The minimum atomic E-state index is -0.158. The average molecular weight is 249 g/mol. The number of nitrogens with two attached hydrogens (primary N) is 1. The van der Waals surface area contributed by atoms with Gasteiger partial charge in [0.05, 0.1) is 7.11 Å². The molecule has 0 spiro atoms. The number of benzene rings is 1. The second-order valence-electron chi connectivity index (χ2n) is 5.86. The van der Waals surface area contributed by atoms with Gasteiger partial charge >= 0.3 is 0 Å². The molecule has 1 aliphatic rings. The smallest absolute Gasteiger partial charge is 0.125 e. The van der Waals surface area contributed by atoms with Crippen LogP contribution in [-0.2, 0) is 0 Å². The van der Waals surface area contributed by atoms with Crippen molar-refractivity contribution in [2.75, 3.05) is 7.11 Å². The van der Waals surface area contributed by atoms with E-state index in [-0.39, 0.29) is 11.6 Å². The van der Waals surface area contributed by atoms with Gasteiger partial charge in [0, 0.05) is 18.0 Å². The predicted molar refractivity (Wildman–Crippen MR) is 73.0 cm³/mol. The first-order chi connectivity index (χ1) is 8.43. The van der Waals surface area contributed by atoms with Gasteiger partial charge in [0.25, 0.3) is 0 Å². The maximum atomic E-state index is 6.29. The Morgan fingerprint density at radius 2 is 2.22 bits per heavy atom. The third-order valence-electron chi connectivity index (χ3n) is 3.46. The third kappa shape index (κ3) is 2.61. The fourth-order valence-corrected chi connectivity index (χ4v) is 2.91. The quantitative estimate of drug-likeness (QED) is 0.894. The summed E-state index contributed by atoms with van der Waals surface area (Å²) in [5.41, 5.74) is 7.18. The monoisotopic (exact) mass is 249 g/mol. The lowest BCUT2D eigenvalue weighted by atomic mass is 9.83. The van der Waals surface area contributed by atoms with Gasteiger partial charge in [-0.15, -0.1) is 0 Å². The molecule has 0 aliphatic carbocycles. The molecule has 2 N–H and O–H groups in total. The highest BCUT2D eigenvalue weighted by Gasteiger charge is 2.36. The molecule has 0 bridgehead atoms. The first kappa shape index (κ1) is 13.2. The fourth-order valence-electron chi connectivity index (χ4n) is 2.91. The Bertz CT molecular complexity index is 431. The van der Waals surface area contributed by atoms with Gasteiger partial charge in [0.1, 0.15) is 17.1 Å². The summed E-state index contributed by atoms with van der Waals surface area (Å²) in [4.78, 5) is 0. The molecule has 0 saturated heterocycles. The van der Waals surface area contributed by atoms with Crippen molar-refractivity contribution >= 4 is 0 Å². The molecular formula is C15H23NO2. The third-order valence-corrected chi connectivity index (χ3v) is 3.46. The van der Waals surface area contributed by atoms with Gasteiger partial charge in [-0.25, -0.2) is 0 Å². The van der Waals surface area contributed by atoms with Gasteiger partial charge in [0.15, 0.2) is 0 Å². The van der Waals surface area contributed by atoms with E-state index in [9.17, 15) is 0 Å². The highest BCUT2D eigenvalue weighted by atomic mass is 16.5. The van der Waals surface area contributed by atoms with Crippen molar-refractivity contribution in [3.05, 3.63) is 23.8 Å². The molecule has 1 unspecified atom stereocenters. The molecule has 1 heterocycles. The fraction of sp³-hybridized carbons (Fsp3) is 0.600. The molecule has 1 aromatic rings. The Kier molecular flexibility index (Phi) is 3.53. The van der Waals surface area contributed by atoms with Crippen LogP contribution >= 0.6 is 0 Å². The number of fused-ring (bicyclic) bond motifs is 1. The zero-order valence-electron chi connectivity index (χ0n) is 11.7. The van der Waals surface area contributed by atoms with E-state index in [1.165, 1.54) is 0 Å². The normalized spacial score (nSPS) is 26.7. The van der Waals surface area contributed by atoms with Crippen LogP contribution in [-0.4, -0.2) is 12.7 Å². The van der Waals surface area contributed by atoms with Crippen molar-refractivity contribution in [2.24, 2.45) is 11.7 Å². The van der Waals surface area contributed by atoms with E-state index in [0.717, 1.165) is 29.9 Å². The van der Waals surface area contributed by atoms with Crippen LogP contribution in [0.3, 0.4) is 0 Å². The van der Waals surface area contributed by atoms with E-state index < -0.39 is 0 Å². The Hall–Kier alpha value is -1.22. The number of methoxy groups -OCH3 is 1. The van der Waals surface area contributed by atoms with Crippen LogP contribution in [0.5, 0.6) is 11.5 Å². The van der Waals surface area contributed by atoms with E-state index in [2.05, 4.69) is 20.8 Å². The molecule has 100 valence electrons. The summed E-state index contributed by atoms with van der Waals surface area (Å²) in [6.45, 7) is 6.58. The molecule has 1 aromatic carbocycles. The van der Waals surface area contributed by atoms with Crippen molar-refractivity contribution in [3.63, 3.8) is 0 Å². The number of ether oxygens (including phenoxy) is 2. The van der Waals surface area contributed by atoms with E-state index in [1.54, 1.807) is 7.11 Å². The molecule has 0 fully saturated rings. The number of hydrogen-bond acceptors (Lipinski definition) is 3. The standard InChI is InChI=1S/C15H23NO2/c1-10(2)8-15(3)9-13(16)12-7-11(17-4)5-6-14(12)18-15/h5-7,10,13H,8-9,16H2,1-4H3/t13-,15?/m1/s1. The molecular weight excluding hydrogens is 226 g/mol. The molecule has 0 aromatic heterocycles. The maximum absolute atomic E-state index is 6.29. The minimum absolute atomic E-state index is 0.0209.